The van der Waals surface area contributed by atoms with E-state index in [1.54, 1.807) is 19.5 Å². The zero-order chi connectivity index (χ0) is 17.8. The Morgan fingerprint density at radius 3 is 2.62 bits per heavy atom. The van der Waals surface area contributed by atoms with Gasteiger partial charge in [-0.15, -0.1) is 23.7 Å². The first kappa shape index (κ1) is 20.1. The fourth-order valence-corrected chi connectivity index (χ4v) is 3.59. The minimum atomic E-state index is -0.136. The lowest BCUT2D eigenvalue weighted by atomic mass is 10.1. The lowest BCUT2D eigenvalue weighted by Crippen LogP contribution is -2.24. The molecule has 138 valence electrons. The van der Waals surface area contributed by atoms with Gasteiger partial charge in [-0.1, -0.05) is 18.2 Å². The van der Waals surface area contributed by atoms with Gasteiger partial charge in [-0.3, -0.25) is 4.79 Å². The monoisotopic (exact) mass is 392 g/mol. The Bertz CT molecular complexity index is 883. The normalized spacial score (nSPS) is 10.4. The van der Waals surface area contributed by atoms with Crippen molar-refractivity contribution in [3.8, 4) is 0 Å². The predicted molar refractivity (Wildman–Crippen MR) is 109 cm³/mol. The maximum atomic E-state index is 12.6. The van der Waals surface area contributed by atoms with E-state index in [1.165, 1.54) is 11.3 Å². The van der Waals surface area contributed by atoms with Crippen LogP contribution in [0.4, 0.5) is 11.6 Å². The summed E-state index contributed by atoms with van der Waals surface area (Å²) in [6.45, 7) is 3.27. The SMILES string of the molecule is COCCN(C)c1ncc(NC(=O)c2sc3ccccc3c2C)cn1.Cl. The standard InChI is InChI=1S/C18H20N4O2S.ClH/c1-12-14-6-4-5-7-15(14)25-16(12)17(23)21-13-10-19-18(20-11-13)22(2)8-9-24-3;/h4-7,10-11H,8-9H2,1-3H3,(H,21,23);1H. The largest absolute Gasteiger partial charge is 0.383 e. The van der Waals surface area contributed by atoms with Gasteiger partial charge in [0, 0.05) is 25.4 Å². The van der Waals surface area contributed by atoms with E-state index in [4.69, 9.17) is 4.74 Å². The van der Waals surface area contributed by atoms with Gasteiger partial charge in [0.1, 0.15) is 0 Å². The molecule has 6 nitrogen and oxygen atoms in total. The number of halogens is 1. The Morgan fingerprint density at radius 2 is 1.96 bits per heavy atom. The highest BCUT2D eigenvalue weighted by Crippen LogP contribution is 2.31. The molecule has 0 fully saturated rings. The van der Waals surface area contributed by atoms with Crippen LogP contribution in [0.15, 0.2) is 36.7 Å². The molecule has 26 heavy (non-hydrogen) atoms. The molecule has 0 spiro atoms. The van der Waals surface area contributed by atoms with Gasteiger partial charge in [0.25, 0.3) is 5.91 Å². The Kier molecular flexibility index (Phi) is 6.90. The highest BCUT2D eigenvalue weighted by Gasteiger charge is 2.15. The van der Waals surface area contributed by atoms with E-state index in [9.17, 15) is 4.79 Å². The third-order valence-electron chi connectivity index (χ3n) is 3.92. The quantitative estimate of drug-likeness (QED) is 0.691. The zero-order valence-corrected chi connectivity index (χ0v) is 16.5. The zero-order valence-electron chi connectivity index (χ0n) is 14.9. The molecule has 0 radical (unpaired) electrons. The third-order valence-corrected chi connectivity index (χ3v) is 5.19. The summed E-state index contributed by atoms with van der Waals surface area (Å²) in [7, 11) is 3.55. The molecular weight excluding hydrogens is 372 g/mol. The van der Waals surface area contributed by atoms with E-state index in [-0.39, 0.29) is 18.3 Å². The van der Waals surface area contributed by atoms with Crippen LogP contribution in [0.5, 0.6) is 0 Å². The van der Waals surface area contributed by atoms with Gasteiger partial charge in [-0.2, -0.15) is 0 Å². The number of carbonyl (C=O) groups is 1. The van der Waals surface area contributed by atoms with E-state index in [1.807, 2.05) is 43.1 Å². The van der Waals surface area contributed by atoms with E-state index < -0.39 is 0 Å². The fourth-order valence-electron chi connectivity index (χ4n) is 2.49. The summed E-state index contributed by atoms with van der Waals surface area (Å²) in [5, 5.41) is 3.99. The van der Waals surface area contributed by atoms with Gasteiger partial charge < -0.3 is 15.0 Å². The van der Waals surface area contributed by atoms with Crippen molar-refractivity contribution in [2.24, 2.45) is 0 Å². The van der Waals surface area contributed by atoms with E-state index in [0.717, 1.165) is 15.6 Å². The van der Waals surface area contributed by atoms with Crippen LogP contribution in [0.1, 0.15) is 15.2 Å². The minimum absolute atomic E-state index is 0. The molecule has 0 atom stereocenters. The Morgan fingerprint density at radius 1 is 1.27 bits per heavy atom. The number of nitrogens with zero attached hydrogens (tertiary/aromatic N) is 3. The maximum absolute atomic E-state index is 12.6. The summed E-state index contributed by atoms with van der Waals surface area (Å²) in [6, 6.07) is 8.02. The van der Waals surface area contributed by atoms with Crippen molar-refractivity contribution in [3.05, 3.63) is 47.1 Å². The smallest absolute Gasteiger partial charge is 0.266 e. The first-order valence-electron chi connectivity index (χ1n) is 7.91. The second-order valence-corrected chi connectivity index (χ2v) is 6.74. The van der Waals surface area contributed by atoms with Crippen molar-refractivity contribution in [1.29, 1.82) is 0 Å². The minimum Gasteiger partial charge on any atom is -0.383 e. The second-order valence-electron chi connectivity index (χ2n) is 5.69. The molecule has 3 aromatic rings. The average molecular weight is 393 g/mol. The maximum Gasteiger partial charge on any atom is 0.266 e. The molecule has 0 aliphatic rings. The number of thiophene rings is 1. The summed E-state index contributed by atoms with van der Waals surface area (Å²) < 4.78 is 6.15. The van der Waals surface area contributed by atoms with E-state index >= 15 is 0 Å². The molecule has 0 aliphatic carbocycles. The molecule has 0 aliphatic heterocycles. The molecule has 2 aromatic heterocycles. The van der Waals surface area contributed by atoms with Crippen LogP contribution >= 0.6 is 23.7 Å². The molecule has 0 saturated carbocycles. The number of ether oxygens (including phenoxy) is 1. The number of carbonyl (C=O) groups excluding carboxylic acids is 1. The number of fused-ring (bicyclic) bond motifs is 1. The average Bonchev–Trinajstić information content (AvgIpc) is 2.97. The first-order chi connectivity index (χ1) is 12.1. The van der Waals surface area contributed by atoms with Crippen LogP contribution < -0.4 is 10.2 Å². The number of likely N-dealkylation sites (N-methyl/N-ethyl adjacent to an activating group) is 1. The number of amides is 1. The van der Waals surface area contributed by atoms with Crippen LogP contribution in [0.2, 0.25) is 0 Å². The van der Waals surface area contributed by atoms with E-state index in [2.05, 4.69) is 15.3 Å². The van der Waals surface area contributed by atoms with Crippen LogP contribution in [-0.4, -0.2) is 43.2 Å². The summed E-state index contributed by atoms with van der Waals surface area (Å²) in [6.07, 6.45) is 3.23. The molecule has 3 rings (SSSR count). The highest BCUT2D eigenvalue weighted by atomic mass is 35.5. The van der Waals surface area contributed by atoms with Crippen molar-refractivity contribution >= 4 is 51.4 Å². The Hall–Kier alpha value is -2.22. The summed E-state index contributed by atoms with van der Waals surface area (Å²) in [5.41, 5.74) is 1.57. The van der Waals surface area contributed by atoms with Gasteiger partial charge in [0.05, 0.1) is 29.6 Å². The van der Waals surface area contributed by atoms with Crippen LogP contribution in [-0.2, 0) is 4.74 Å². The molecule has 1 N–H and O–H groups in total. The van der Waals surface area contributed by atoms with Gasteiger partial charge in [0.2, 0.25) is 5.95 Å². The lowest BCUT2D eigenvalue weighted by Gasteiger charge is -2.16. The lowest BCUT2D eigenvalue weighted by molar-refractivity contribution is 0.103. The number of hydrogen-bond acceptors (Lipinski definition) is 6. The van der Waals surface area contributed by atoms with Gasteiger partial charge in [-0.25, -0.2) is 9.97 Å². The number of anilines is 2. The third kappa shape index (κ3) is 4.30. The predicted octanol–water partition coefficient (Wildman–Crippen LogP) is 3.76. The summed E-state index contributed by atoms with van der Waals surface area (Å²) >= 11 is 1.49. The molecule has 0 saturated heterocycles. The van der Waals surface area contributed by atoms with Crippen molar-refractivity contribution in [2.75, 3.05) is 37.5 Å². The molecule has 0 bridgehead atoms. The first-order valence-corrected chi connectivity index (χ1v) is 8.73. The van der Waals surface area contributed by atoms with Gasteiger partial charge in [0.15, 0.2) is 0 Å². The van der Waals surface area contributed by atoms with Crippen LogP contribution in [0, 0.1) is 6.92 Å². The number of aromatic nitrogens is 2. The van der Waals surface area contributed by atoms with Crippen molar-refractivity contribution < 1.29 is 9.53 Å². The number of aryl methyl sites for hydroxylation is 1. The molecule has 2 heterocycles. The molecule has 1 amide bonds. The van der Waals surface area contributed by atoms with Crippen molar-refractivity contribution in [3.63, 3.8) is 0 Å². The Labute approximate surface area is 162 Å². The number of nitrogens with one attached hydrogen (secondary N) is 1. The van der Waals surface area contributed by atoms with Crippen LogP contribution in [0.25, 0.3) is 10.1 Å². The van der Waals surface area contributed by atoms with Crippen LogP contribution in [0.3, 0.4) is 0 Å². The molecule has 1 aromatic carbocycles. The Balaban J connectivity index is 0.00000243. The number of benzene rings is 1. The fraction of sp³-hybridized carbons (Fsp3) is 0.278. The van der Waals surface area contributed by atoms with Crippen molar-refractivity contribution in [2.45, 2.75) is 6.92 Å². The number of hydrogen-bond donors (Lipinski definition) is 1. The molecule has 8 heteroatoms. The number of methoxy groups -OCH3 is 1. The van der Waals surface area contributed by atoms with Gasteiger partial charge >= 0.3 is 0 Å². The topological polar surface area (TPSA) is 67.3 Å². The second kappa shape index (κ2) is 8.93. The summed E-state index contributed by atoms with van der Waals surface area (Å²) in [5.74, 6) is 0.455. The number of rotatable bonds is 6. The summed E-state index contributed by atoms with van der Waals surface area (Å²) in [4.78, 5) is 23.8. The van der Waals surface area contributed by atoms with Crippen molar-refractivity contribution in [1.82, 2.24) is 9.97 Å². The molecule has 0 unspecified atom stereocenters. The molecular formula is C18H21ClN4O2S. The van der Waals surface area contributed by atoms with E-state index in [0.29, 0.717) is 29.7 Å². The highest BCUT2D eigenvalue weighted by molar-refractivity contribution is 7.21. The van der Waals surface area contributed by atoms with Gasteiger partial charge in [-0.05, 0) is 23.9 Å².